The Morgan fingerprint density at radius 3 is 2.52 bits per heavy atom. The Bertz CT molecular complexity index is 1030. The molecule has 0 fully saturated rings. The zero-order valence-electron chi connectivity index (χ0n) is 15.2. The number of para-hydroxylation sites is 1. The first kappa shape index (κ1) is 18.6. The molecule has 0 spiro atoms. The summed E-state index contributed by atoms with van der Waals surface area (Å²) in [7, 11) is 1.62. The van der Waals surface area contributed by atoms with Crippen molar-refractivity contribution in [2.24, 2.45) is 0 Å². The second-order valence-corrected chi connectivity index (χ2v) is 6.02. The summed E-state index contributed by atoms with van der Waals surface area (Å²) in [5, 5.41) is 5.20. The van der Waals surface area contributed by atoms with Gasteiger partial charge < -0.3 is 9.64 Å². The van der Waals surface area contributed by atoms with Crippen LogP contribution in [-0.4, -0.2) is 40.8 Å². The monoisotopic (exact) mass is 369 g/mol. The average Bonchev–Trinajstić information content (AvgIpc) is 2.69. The first-order valence-corrected chi connectivity index (χ1v) is 8.65. The molecule has 0 saturated carbocycles. The van der Waals surface area contributed by atoms with Crippen LogP contribution in [0.1, 0.15) is 17.4 Å². The van der Waals surface area contributed by atoms with Crippen molar-refractivity contribution in [3.05, 3.63) is 70.4 Å². The van der Waals surface area contributed by atoms with Crippen LogP contribution >= 0.6 is 0 Å². The molecule has 0 atom stereocenters. The fraction of sp³-hybridized carbons (Fsp3) is 0.250. The van der Waals surface area contributed by atoms with Crippen LogP contribution in [0.5, 0.6) is 5.75 Å². The number of halogens is 1. The Hall–Kier alpha value is -3.22. The normalized spacial score (nSPS) is 10.8. The Morgan fingerprint density at radius 1 is 1.15 bits per heavy atom. The van der Waals surface area contributed by atoms with Gasteiger partial charge in [0.15, 0.2) is 17.3 Å². The lowest BCUT2D eigenvalue weighted by atomic mass is 10.1. The highest BCUT2D eigenvalue weighted by molar-refractivity contribution is 6.04. The van der Waals surface area contributed by atoms with Gasteiger partial charge in [-0.2, -0.15) is 5.10 Å². The van der Waals surface area contributed by atoms with Gasteiger partial charge in [0.2, 0.25) is 0 Å². The molecule has 0 aliphatic carbocycles. The highest BCUT2D eigenvalue weighted by atomic mass is 19.1. The molecule has 1 heterocycles. The van der Waals surface area contributed by atoms with E-state index < -0.39 is 5.82 Å². The van der Waals surface area contributed by atoms with Gasteiger partial charge in [0.25, 0.3) is 11.5 Å². The van der Waals surface area contributed by atoms with Crippen molar-refractivity contribution in [2.45, 2.75) is 13.5 Å². The van der Waals surface area contributed by atoms with Gasteiger partial charge in [-0.15, -0.1) is 0 Å². The number of likely N-dealkylation sites (N-methyl/N-ethyl adjacent to an activating group) is 1. The molecule has 0 aliphatic heterocycles. The second-order valence-electron chi connectivity index (χ2n) is 6.02. The van der Waals surface area contributed by atoms with E-state index in [1.165, 1.54) is 21.7 Å². The van der Waals surface area contributed by atoms with E-state index in [2.05, 4.69) is 5.10 Å². The molecule has 7 heteroatoms. The number of carbonyl (C=O) groups is 1. The number of hydrogen-bond acceptors (Lipinski definition) is 4. The van der Waals surface area contributed by atoms with Crippen LogP contribution in [-0.2, 0) is 6.54 Å². The molecule has 6 nitrogen and oxygen atoms in total. The molecule has 1 aromatic heterocycles. The SMILES string of the molecule is CCn1nc(C(=O)N(C)CCOc2ccccc2F)c2ccccc2c1=O. The maximum atomic E-state index is 13.6. The number of aromatic nitrogens is 2. The van der Waals surface area contributed by atoms with Crippen molar-refractivity contribution in [3.63, 3.8) is 0 Å². The molecule has 2 aromatic carbocycles. The van der Waals surface area contributed by atoms with E-state index in [4.69, 9.17) is 4.74 Å². The van der Waals surface area contributed by atoms with E-state index in [0.717, 1.165) is 0 Å². The minimum absolute atomic E-state index is 0.133. The van der Waals surface area contributed by atoms with Gasteiger partial charge in [-0.3, -0.25) is 9.59 Å². The smallest absolute Gasteiger partial charge is 0.274 e. The molecular formula is C20H20FN3O3. The number of amides is 1. The van der Waals surface area contributed by atoms with E-state index in [9.17, 15) is 14.0 Å². The summed E-state index contributed by atoms with van der Waals surface area (Å²) in [5.41, 5.74) is -0.0179. The third-order valence-electron chi connectivity index (χ3n) is 4.24. The quantitative estimate of drug-likeness (QED) is 0.670. The molecule has 27 heavy (non-hydrogen) atoms. The second kappa shape index (κ2) is 7.99. The number of hydrogen-bond donors (Lipinski definition) is 0. The van der Waals surface area contributed by atoms with Crippen molar-refractivity contribution in [1.29, 1.82) is 0 Å². The first-order chi connectivity index (χ1) is 13.0. The van der Waals surface area contributed by atoms with E-state index in [0.29, 0.717) is 17.3 Å². The third-order valence-corrected chi connectivity index (χ3v) is 4.24. The van der Waals surface area contributed by atoms with E-state index in [1.807, 2.05) is 0 Å². The molecule has 0 N–H and O–H groups in total. The molecule has 1 amide bonds. The number of carbonyl (C=O) groups excluding carboxylic acids is 1. The fourth-order valence-corrected chi connectivity index (χ4v) is 2.74. The molecule has 0 saturated heterocycles. The van der Waals surface area contributed by atoms with Crippen molar-refractivity contribution in [2.75, 3.05) is 20.2 Å². The third kappa shape index (κ3) is 3.81. The predicted molar refractivity (Wildman–Crippen MR) is 101 cm³/mol. The minimum atomic E-state index is -0.450. The van der Waals surface area contributed by atoms with Gasteiger partial charge in [0.05, 0.1) is 11.9 Å². The number of rotatable bonds is 6. The molecule has 3 aromatic rings. The Kier molecular flexibility index (Phi) is 5.49. The summed E-state index contributed by atoms with van der Waals surface area (Å²) < 4.78 is 20.3. The number of fused-ring (bicyclic) bond motifs is 1. The van der Waals surface area contributed by atoms with Crippen molar-refractivity contribution >= 4 is 16.7 Å². The topological polar surface area (TPSA) is 64.4 Å². The highest BCUT2D eigenvalue weighted by Crippen LogP contribution is 2.16. The van der Waals surface area contributed by atoms with Crippen LogP contribution in [0.2, 0.25) is 0 Å². The van der Waals surface area contributed by atoms with Crippen LogP contribution in [0.3, 0.4) is 0 Å². The maximum absolute atomic E-state index is 13.6. The van der Waals surface area contributed by atoms with Crippen molar-refractivity contribution in [1.82, 2.24) is 14.7 Å². The van der Waals surface area contributed by atoms with Crippen LogP contribution in [0.4, 0.5) is 4.39 Å². The lowest BCUT2D eigenvalue weighted by Gasteiger charge is -2.18. The summed E-state index contributed by atoms with van der Waals surface area (Å²) in [6.07, 6.45) is 0. The van der Waals surface area contributed by atoms with Crippen molar-refractivity contribution < 1.29 is 13.9 Å². The summed E-state index contributed by atoms with van der Waals surface area (Å²) in [6.45, 7) is 2.54. The largest absolute Gasteiger partial charge is 0.489 e. The summed E-state index contributed by atoms with van der Waals surface area (Å²) in [6, 6.07) is 13.0. The van der Waals surface area contributed by atoms with Gasteiger partial charge in [0, 0.05) is 19.0 Å². The molecule has 0 radical (unpaired) electrons. The lowest BCUT2D eigenvalue weighted by molar-refractivity contribution is 0.0766. The van der Waals surface area contributed by atoms with Crippen LogP contribution in [0, 0.1) is 5.82 Å². The van der Waals surface area contributed by atoms with Gasteiger partial charge in [-0.25, -0.2) is 9.07 Å². The summed E-state index contributed by atoms with van der Waals surface area (Å²) in [4.78, 5) is 26.7. The van der Waals surface area contributed by atoms with Crippen LogP contribution in [0.15, 0.2) is 53.3 Å². The summed E-state index contributed by atoms with van der Waals surface area (Å²) in [5.74, 6) is -0.638. The summed E-state index contributed by atoms with van der Waals surface area (Å²) >= 11 is 0. The number of benzene rings is 2. The van der Waals surface area contributed by atoms with E-state index in [-0.39, 0.29) is 36.1 Å². The minimum Gasteiger partial charge on any atom is -0.489 e. The van der Waals surface area contributed by atoms with Crippen molar-refractivity contribution in [3.8, 4) is 5.75 Å². The number of ether oxygens (including phenoxy) is 1. The van der Waals surface area contributed by atoms with Gasteiger partial charge in [0.1, 0.15) is 6.61 Å². The molecule has 140 valence electrons. The predicted octanol–water partition coefficient (Wildman–Crippen LogP) is 2.71. The molecular weight excluding hydrogens is 349 g/mol. The van der Waals surface area contributed by atoms with Crippen LogP contribution in [0.25, 0.3) is 10.8 Å². The zero-order chi connectivity index (χ0) is 19.4. The number of nitrogens with zero attached hydrogens (tertiary/aromatic N) is 3. The fourth-order valence-electron chi connectivity index (χ4n) is 2.74. The Labute approximate surface area is 155 Å². The molecule has 0 bridgehead atoms. The van der Waals surface area contributed by atoms with E-state index in [1.54, 1.807) is 50.4 Å². The number of aryl methyl sites for hydroxylation is 1. The standard InChI is InChI=1S/C20H20FN3O3/c1-3-24-19(25)15-9-5-4-8-14(15)18(22-24)20(26)23(2)12-13-27-17-11-7-6-10-16(17)21/h4-11H,3,12-13H2,1-2H3. The maximum Gasteiger partial charge on any atom is 0.274 e. The molecule has 0 unspecified atom stereocenters. The highest BCUT2D eigenvalue weighted by Gasteiger charge is 2.19. The average molecular weight is 369 g/mol. The van der Waals surface area contributed by atoms with Gasteiger partial charge >= 0.3 is 0 Å². The van der Waals surface area contributed by atoms with Gasteiger partial charge in [-0.1, -0.05) is 30.3 Å². The lowest BCUT2D eigenvalue weighted by Crippen LogP contribution is -2.34. The van der Waals surface area contributed by atoms with Crippen LogP contribution < -0.4 is 10.3 Å². The van der Waals surface area contributed by atoms with E-state index >= 15 is 0 Å². The first-order valence-electron chi connectivity index (χ1n) is 8.65. The Balaban J connectivity index is 1.80. The zero-order valence-corrected chi connectivity index (χ0v) is 15.2. The molecule has 0 aliphatic rings. The molecule has 3 rings (SSSR count). The Morgan fingerprint density at radius 2 is 1.81 bits per heavy atom. The van der Waals surface area contributed by atoms with Gasteiger partial charge in [-0.05, 0) is 25.1 Å².